The number of carbonyl (C=O) groups excluding carboxylic acids is 1. The first kappa shape index (κ1) is 15.4. The molecule has 0 unspecified atom stereocenters. The van der Waals surface area contributed by atoms with Gasteiger partial charge in [0.25, 0.3) is 0 Å². The molecule has 0 aromatic rings. The van der Waals surface area contributed by atoms with Crippen molar-refractivity contribution < 1.29 is 4.79 Å². The molecule has 0 spiro atoms. The summed E-state index contributed by atoms with van der Waals surface area (Å²) in [5.74, 6) is 0.199. The van der Waals surface area contributed by atoms with E-state index < -0.39 is 0 Å². The summed E-state index contributed by atoms with van der Waals surface area (Å²) in [7, 11) is 3.94. The normalized spacial score (nSPS) is 16.5. The fraction of sp³-hybridized carbons (Fsp3) is 0.857. The molecule has 6 heteroatoms. The van der Waals surface area contributed by atoms with Crippen LogP contribution in [0.5, 0.6) is 0 Å². The van der Waals surface area contributed by atoms with E-state index in [0.29, 0.717) is 6.54 Å². The zero-order valence-corrected chi connectivity index (χ0v) is 9.58. The van der Waals surface area contributed by atoms with Gasteiger partial charge >= 0.3 is 0 Å². The smallest absolute Gasteiger partial charge is 0.237 e. The summed E-state index contributed by atoms with van der Waals surface area (Å²) in [5.41, 5.74) is 0. The maximum Gasteiger partial charge on any atom is 0.237 e. The lowest BCUT2D eigenvalue weighted by Crippen LogP contribution is -2.50. The summed E-state index contributed by atoms with van der Waals surface area (Å²) in [6, 6.07) is 0. The lowest BCUT2D eigenvalue weighted by atomic mass is 10.4. The van der Waals surface area contributed by atoms with Crippen molar-refractivity contribution in [3.8, 4) is 0 Å². The van der Waals surface area contributed by atoms with Crippen molar-refractivity contribution in [1.82, 2.24) is 15.1 Å². The largest absolute Gasteiger partial charge is 0.327 e. The van der Waals surface area contributed by atoms with E-state index in [4.69, 9.17) is 0 Å². The number of hydrogen-bond acceptors (Lipinski definition) is 3. The SMILES string of the molecule is CN(C)CN1CCNCC1=O.Cl.Cl. The summed E-state index contributed by atoms with van der Waals surface area (Å²) >= 11 is 0. The molecule has 1 aliphatic rings. The first-order valence-electron chi connectivity index (χ1n) is 3.83. The van der Waals surface area contributed by atoms with E-state index in [2.05, 4.69) is 5.32 Å². The zero-order valence-electron chi connectivity index (χ0n) is 7.95. The van der Waals surface area contributed by atoms with Gasteiger partial charge < -0.3 is 10.2 Å². The van der Waals surface area contributed by atoms with Gasteiger partial charge in [-0.1, -0.05) is 0 Å². The van der Waals surface area contributed by atoms with Gasteiger partial charge in [0, 0.05) is 13.1 Å². The lowest BCUT2D eigenvalue weighted by Gasteiger charge is -2.29. The highest BCUT2D eigenvalue weighted by Crippen LogP contribution is 1.94. The van der Waals surface area contributed by atoms with Crippen LogP contribution in [-0.2, 0) is 4.79 Å². The highest BCUT2D eigenvalue weighted by atomic mass is 35.5. The number of rotatable bonds is 2. The first-order valence-corrected chi connectivity index (χ1v) is 3.83. The first-order chi connectivity index (χ1) is 5.20. The summed E-state index contributed by atoms with van der Waals surface area (Å²) in [4.78, 5) is 15.0. The predicted molar refractivity (Wildman–Crippen MR) is 57.6 cm³/mol. The van der Waals surface area contributed by atoms with Crippen molar-refractivity contribution in [2.45, 2.75) is 0 Å². The Labute approximate surface area is 91.5 Å². The topological polar surface area (TPSA) is 35.6 Å². The van der Waals surface area contributed by atoms with Crippen LogP contribution in [0.15, 0.2) is 0 Å². The molecule has 0 atom stereocenters. The third-order valence-corrected chi connectivity index (χ3v) is 1.64. The molecular weight excluding hydrogens is 213 g/mol. The van der Waals surface area contributed by atoms with Gasteiger partial charge in [0.1, 0.15) is 0 Å². The fourth-order valence-corrected chi connectivity index (χ4v) is 1.14. The number of nitrogens with one attached hydrogen (secondary N) is 1. The Balaban J connectivity index is 0. The van der Waals surface area contributed by atoms with Gasteiger partial charge in [-0.3, -0.25) is 9.69 Å². The van der Waals surface area contributed by atoms with Crippen LogP contribution in [0.4, 0.5) is 0 Å². The molecule has 1 aliphatic heterocycles. The van der Waals surface area contributed by atoms with Crippen LogP contribution in [0.2, 0.25) is 0 Å². The van der Waals surface area contributed by atoms with Gasteiger partial charge in [-0.05, 0) is 14.1 Å². The van der Waals surface area contributed by atoms with Crippen molar-refractivity contribution in [3.63, 3.8) is 0 Å². The Morgan fingerprint density at radius 3 is 2.54 bits per heavy atom. The molecule has 4 nitrogen and oxygen atoms in total. The minimum Gasteiger partial charge on any atom is -0.327 e. The van der Waals surface area contributed by atoms with E-state index in [1.807, 2.05) is 23.9 Å². The van der Waals surface area contributed by atoms with Crippen LogP contribution in [0.1, 0.15) is 0 Å². The Hall–Kier alpha value is -0.0300. The van der Waals surface area contributed by atoms with Gasteiger partial charge in [-0.15, -0.1) is 24.8 Å². The van der Waals surface area contributed by atoms with Crippen molar-refractivity contribution in [2.75, 3.05) is 40.4 Å². The summed E-state index contributed by atoms with van der Waals surface area (Å²) in [6.45, 7) is 2.98. The molecule has 0 aliphatic carbocycles. The summed E-state index contributed by atoms with van der Waals surface area (Å²) < 4.78 is 0. The van der Waals surface area contributed by atoms with E-state index in [9.17, 15) is 4.79 Å². The Kier molecular flexibility index (Phi) is 8.77. The Morgan fingerprint density at radius 2 is 2.08 bits per heavy atom. The number of halogens is 2. The molecule has 0 bridgehead atoms. The second-order valence-corrected chi connectivity index (χ2v) is 3.06. The highest BCUT2D eigenvalue weighted by molar-refractivity contribution is 5.85. The van der Waals surface area contributed by atoms with E-state index in [-0.39, 0.29) is 30.7 Å². The van der Waals surface area contributed by atoms with Crippen LogP contribution in [0, 0.1) is 0 Å². The number of hydrogen-bond donors (Lipinski definition) is 1. The molecule has 13 heavy (non-hydrogen) atoms. The van der Waals surface area contributed by atoms with E-state index in [1.165, 1.54) is 0 Å². The molecule has 0 aromatic heterocycles. The van der Waals surface area contributed by atoms with E-state index >= 15 is 0 Å². The van der Waals surface area contributed by atoms with Crippen molar-refractivity contribution in [2.24, 2.45) is 0 Å². The molecule has 80 valence electrons. The Bertz CT molecular complexity index is 155. The summed E-state index contributed by atoms with van der Waals surface area (Å²) in [5, 5.41) is 3.03. The standard InChI is InChI=1S/C7H15N3O.2ClH/c1-9(2)6-10-4-3-8-5-7(10)11;;/h8H,3-6H2,1-2H3;2*1H. The third-order valence-electron chi connectivity index (χ3n) is 1.64. The lowest BCUT2D eigenvalue weighted by molar-refractivity contribution is -0.133. The highest BCUT2D eigenvalue weighted by Gasteiger charge is 2.16. The number of carbonyl (C=O) groups is 1. The fourth-order valence-electron chi connectivity index (χ4n) is 1.14. The van der Waals surface area contributed by atoms with E-state index in [0.717, 1.165) is 19.8 Å². The van der Waals surface area contributed by atoms with Gasteiger partial charge in [-0.25, -0.2) is 0 Å². The van der Waals surface area contributed by atoms with Gasteiger partial charge in [-0.2, -0.15) is 0 Å². The predicted octanol–water partition coefficient (Wildman–Crippen LogP) is -0.219. The van der Waals surface area contributed by atoms with Gasteiger partial charge in [0.2, 0.25) is 5.91 Å². The van der Waals surface area contributed by atoms with E-state index in [1.54, 1.807) is 0 Å². The van der Waals surface area contributed by atoms with Gasteiger partial charge in [0.15, 0.2) is 0 Å². The molecule has 1 heterocycles. The third kappa shape index (κ3) is 5.31. The minimum absolute atomic E-state index is 0. The molecule has 0 aromatic carbocycles. The molecule has 1 rings (SSSR count). The molecule has 1 N–H and O–H groups in total. The molecule has 1 amide bonds. The van der Waals surface area contributed by atoms with Gasteiger partial charge in [0.05, 0.1) is 13.2 Å². The van der Waals surface area contributed by atoms with Crippen molar-refractivity contribution in [3.05, 3.63) is 0 Å². The average molecular weight is 230 g/mol. The molecule has 1 fully saturated rings. The minimum atomic E-state index is 0. The molecule has 1 saturated heterocycles. The van der Waals surface area contributed by atoms with Crippen molar-refractivity contribution in [1.29, 1.82) is 0 Å². The number of nitrogens with zero attached hydrogens (tertiary/aromatic N) is 2. The Morgan fingerprint density at radius 1 is 1.46 bits per heavy atom. The molecule has 0 radical (unpaired) electrons. The van der Waals surface area contributed by atoms with Crippen molar-refractivity contribution >= 4 is 30.7 Å². The molecule has 0 saturated carbocycles. The summed E-state index contributed by atoms with van der Waals surface area (Å²) in [6.07, 6.45) is 0. The maximum atomic E-state index is 11.2. The number of piperazine rings is 1. The van der Waals surface area contributed by atoms with Crippen LogP contribution in [0.25, 0.3) is 0 Å². The quantitative estimate of drug-likeness (QED) is 0.712. The van der Waals surface area contributed by atoms with Crippen LogP contribution in [0.3, 0.4) is 0 Å². The monoisotopic (exact) mass is 229 g/mol. The number of amides is 1. The molecular formula is C7H17Cl2N3O. The zero-order chi connectivity index (χ0) is 8.27. The second-order valence-electron chi connectivity index (χ2n) is 3.06. The van der Waals surface area contributed by atoms with Crippen LogP contribution in [-0.4, -0.2) is 56.1 Å². The van der Waals surface area contributed by atoms with Crippen LogP contribution >= 0.6 is 24.8 Å². The maximum absolute atomic E-state index is 11.2. The average Bonchev–Trinajstić information content (AvgIpc) is 1.93. The van der Waals surface area contributed by atoms with Crippen LogP contribution < -0.4 is 5.32 Å². The second kappa shape index (κ2) is 7.38.